The highest BCUT2D eigenvalue weighted by Crippen LogP contribution is 2.40. The van der Waals surface area contributed by atoms with Crippen molar-refractivity contribution >= 4 is 26.3 Å². The van der Waals surface area contributed by atoms with Gasteiger partial charge in [0.15, 0.2) is 8.32 Å². The number of piperidine rings is 1. The second-order valence-electron chi connectivity index (χ2n) is 11.2. The molecule has 33 heavy (non-hydrogen) atoms. The number of hydrogen-bond donors (Lipinski definition) is 0. The van der Waals surface area contributed by atoms with Crippen LogP contribution in [-0.2, 0) is 30.1 Å². The summed E-state index contributed by atoms with van der Waals surface area (Å²) in [6.07, 6.45) is -1.10. The number of ether oxygens (including phenoxy) is 2. The van der Waals surface area contributed by atoms with Crippen LogP contribution in [-0.4, -0.2) is 48.9 Å². The highest BCUT2D eigenvalue weighted by atomic mass is 28.4. The van der Waals surface area contributed by atoms with Crippen LogP contribution < -0.4 is 0 Å². The average molecular weight is 478 g/mol. The van der Waals surface area contributed by atoms with Crippen molar-refractivity contribution in [3.8, 4) is 0 Å². The lowest BCUT2D eigenvalue weighted by Gasteiger charge is -2.46. The van der Waals surface area contributed by atoms with Crippen molar-refractivity contribution in [1.29, 1.82) is 0 Å². The van der Waals surface area contributed by atoms with E-state index in [1.807, 2.05) is 30.3 Å². The van der Waals surface area contributed by atoms with Gasteiger partial charge in [-0.05, 0) is 57.8 Å². The molecule has 7 nitrogen and oxygen atoms in total. The Balaban J connectivity index is 2.31. The first-order chi connectivity index (χ1) is 15.0. The van der Waals surface area contributed by atoms with Gasteiger partial charge in [0.05, 0.1) is 12.1 Å². The zero-order chi connectivity index (χ0) is 25.2. The van der Waals surface area contributed by atoms with Crippen LogP contribution in [0.2, 0.25) is 18.1 Å². The van der Waals surface area contributed by atoms with Gasteiger partial charge >= 0.3 is 12.1 Å². The summed E-state index contributed by atoms with van der Waals surface area (Å²) in [5.41, 5.74) is 0.0359. The topological polar surface area (TPSA) is 82.1 Å². The maximum Gasteiger partial charge on any atom is 0.417 e. The molecule has 1 aliphatic heterocycles. The summed E-state index contributed by atoms with van der Waals surface area (Å²) in [5, 5.41) is -0.0752. The molecule has 1 aliphatic rings. The molecule has 0 saturated carbocycles. The number of nitrogens with zero attached hydrogens (tertiary/aromatic N) is 1. The second kappa shape index (κ2) is 9.97. The third-order valence-corrected chi connectivity index (χ3v) is 10.8. The predicted octanol–water partition coefficient (Wildman–Crippen LogP) is 5.29. The molecule has 0 aliphatic carbocycles. The van der Waals surface area contributed by atoms with Gasteiger partial charge in [0.2, 0.25) is 5.91 Å². The summed E-state index contributed by atoms with van der Waals surface area (Å²) in [4.78, 5) is 40.3. The van der Waals surface area contributed by atoms with E-state index in [0.717, 1.165) is 10.5 Å². The number of imide groups is 1. The summed E-state index contributed by atoms with van der Waals surface area (Å²) in [5.74, 6) is -2.40. The van der Waals surface area contributed by atoms with E-state index in [-0.39, 0.29) is 18.1 Å². The SMILES string of the molecule is C[C@@H]1[C@@H](O[Si](C)(C)C(C)(C)C)C[C@H](C(=O)OCc2ccccc2)C(=O)N1C(=O)OC(C)(C)C. The molecule has 1 heterocycles. The fraction of sp³-hybridized carbons (Fsp3) is 0.640. The van der Waals surface area contributed by atoms with Crippen molar-refractivity contribution in [2.45, 2.75) is 97.4 Å². The highest BCUT2D eigenvalue weighted by Gasteiger charge is 2.50. The van der Waals surface area contributed by atoms with Gasteiger partial charge < -0.3 is 13.9 Å². The predicted molar refractivity (Wildman–Crippen MR) is 129 cm³/mol. The number of amides is 2. The average Bonchev–Trinajstić information content (AvgIpc) is 2.66. The van der Waals surface area contributed by atoms with E-state index in [0.29, 0.717) is 0 Å². The van der Waals surface area contributed by atoms with E-state index >= 15 is 0 Å². The van der Waals surface area contributed by atoms with Gasteiger partial charge in [0, 0.05) is 0 Å². The molecule has 8 heteroatoms. The van der Waals surface area contributed by atoms with Crippen LogP contribution in [0.5, 0.6) is 0 Å². The monoisotopic (exact) mass is 477 g/mol. The molecule has 1 saturated heterocycles. The van der Waals surface area contributed by atoms with E-state index in [9.17, 15) is 14.4 Å². The van der Waals surface area contributed by atoms with Gasteiger partial charge in [0.1, 0.15) is 18.1 Å². The van der Waals surface area contributed by atoms with Crippen molar-refractivity contribution in [2.24, 2.45) is 5.92 Å². The minimum absolute atomic E-state index is 0.0548. The first-order valence-corrected chi connectivity index (χ1v) is 14.4. The lowest BCUT2D eigenvalue weighted by molar-refractivity contribution is -0.163. The van der Waals surface area contributed by atoms with Crippen LogP contribution in [0.15, 0.2) is 30.3 Å². The first kappa shape index (κ1) is 27.1. The fourth-order valence-corrected chi connectivity index (χ4v) is 4.76. The summed E-state index contributed by atoms with van der Waals surface area (Å²) < 4.78 is 17.5. The van der Waals surface area contributed by atoms with Crippen LogP contribution in [0.1, 0.15) is 60.5 Å². The first-order valence-electron chi connectivity index (χ1n) is 11.5. The van der Waals surface area contributed by atoms with Gasteiger partial charge in [-0.2, -0.15) is 0 Å². The molecule has 0 bridgehead atoms. The minimum atomic E-state index is -2.25. The number of rotatable bonds is 5. The number of esters is 1. The minimum Gasteiger partial charge on any atom is -0.460 e. The molecule has 184 valence electrons. The second-order valence-corrected chi connectivity index (χ2v) is 16.0. The third kappa shape index (κ3) is 6.90. The third-order valence-electron chi connectivity index (χ3n) is 6.30. The Morgan fingerprint density at radius 1 is 1.06 bits per heavy atom. The van der Waals surface area contributed by atoms with Crippen LogP contribution in [0.3, 0.4) is 0 Å². The van der Waals surface area contributed by atoms with E-state index in [2.05, 4.69) is 33.9 Å². The highest BCUT2D eigenvalue weighted by molar-refractivity contribution is 6.74. The summed E-state index contributed by atoms with van der Waals surface area (Å²) in [6, 6.07) is 8.69. The molecule has 0 unspecified atom stereocenters. The molecule has 0 radical (unpaired) electrons. The maximum absolute atomic E-state index is 13.3. The van der Waals surface area contributed by atoms with Gasteiger partial charge in [-0.15, -0.1) is 0 Å². The number of benzene rings is 1. The zero-order valence-corrected chi connectivity index (χ0v) is 22.4. The molecular weight excluding hydrogens is 438 g/mol. The maximum atomic E-state index is 13.3. The molecule has 2 rings (SSSR count). The van der Waals surface area contributed by atoms with E-state index in [1.165, 1.54) is 0 Å². The summed E-state index contributed by atoms with van der Waals surface area (Å²) in [7, 11) is -2.25. The van der Waals surface area contributed by atoms with E-state index in [1.54, 1.807) is 27.7 Å². The fourth-order valence-electron chi connectivity index (χ4n) is 3.36. The van der Waals surface area contributed by atoms with Crippen molar-refractivity contribution < 1.29 is 28.3 Å². The van der Waals surface area contributed by atoms with Gasteiger partial charge in [-0.25, -0.2) is 9.69 Å². The molecule has 1 aromatic carbocycles. The Morgan fingerprint density at radius 2 is 1.64 bits per heavy atom. The molecule has 1 fully saturated rings. The van der Waals surface area contributed by atoms with Crippen LogP contribution in [0.4, 0.5) is 4.79 Å². The Labute approximate surface area is 198 Å². The Morgan fingerprint density at radius 3 is 2.15 bits per heavy atom. The van der Waals surface area contributed by atoms with Gasteiger partial charge in [0.25, 0.3) is 0 Å². The normalized spacial score (nSPS) is 22.2. The lowest BCUT2D eigenvalue weighted by Crippen LogP contribution is -2.61. The van der Waals surface area contributed by atoms with Crippen molar-refractivity contribution in [3.05, 3.63) is 35.9 Å². The largest absolute Gasteiger partial charge is 0.460 e. The molecular formula is C25H39NO6Si. The van der Waals surface area contributed by atoms with Crippen LogP contribution in [0, 0.1) is 5.92 Å². The van der Waals surface area contributed by atoms with Crippen molar-refractivity contribution in [2.75, 3.05) is 0 Å². The Bertz CT molecular complexity index is 856. The number of carbonyl (C=O) groups excluding carboxylic acids is 3. The Hall–Kier alpha value is -2.19. The summed E-state index contributed by atoms with van der Waals surface area (Å²) >= 11 is 0. The molecule has 2 amide bonds. The quantitative estimate of drug-likeness (QED) is 0.325. The standard InChI is InChI=1S/C25H39NO6Si/c1-17-20(32-33(8,9)25(5,6)7)15-19(21(27)26(17)23(29)31-24(2,3)4)22(28)30-16-18-13-11-10-12-14-18/h10-14,17,19-20H,15-16H2,1-9H3/t17-,19+,20+/m1/s1. The lowest BCUT2D eigenvalue weighted by atomic mass is 9.90. The zero-order valence-electron chi connectivity index (χ0n) is 21.4. The molecule has 0 aromatic heterocycles. The number of carbonyl (C=O) groups is 3. The van der Waals surface area contributed by atoms with E-state index < -0.39 is 50.0 Å². The van der Waals surface area contributed by atoms with Crippen molar-refractivity contribution in [3.63, 3.8) is 0 Å². The smallest absolute Gasteiger partial charge is 0.417 e. The van der Waals surface area contributed by atoms with Crippen molar-refractivity contribution in [1.82, 2.24) is 4.90 Å². The Kier molecular flexibility index (Phi) is 8.17. The number of likely N-dealkylation sites (tertiary alicyclic amines) is 1. The van der Waals surface area contributed by atoms with Gasteiger partial charge in [-0.3, -0.25) is 9.59 Å². The van der Waals surface area contributed by atoms with E-state index in [4.69, 9.17) is 13.9 Å². The number of hydrogen-bond acceptors (Lipinski definition) is 6. The molecule has 0 N–H and O–H groups in total. The van der Waals surface area contributed by atoms with Crippen LogP contribution >= 0.6 is 0 Å². The molecule has 0 spiro atoms. The van der Waals surface area contributed by atoms with Crippen LogP contribution in [0.25, 0.3) is 0 Å². The van der Waals surface area contributed by atoms with Gasteiger partial charge in [-0.1, -0.05) is 51.1 Å². The molecule has 1 aromatic rings. The summed E-state index contributed by atoms with van der Waals surface area (Å²) in [6.45, 7) is 17.6. The molecule has 3 atom stereocenters.